The van der Waals surface area contributed by atoms with Crippen LogP contribution in [0, 0.1) is 5.92 Å². The van der Waals surface area contributed by atoms with Gasteiger partial charge in [0.1, 0.15) is 6.04 Å². The number of hydrogen-bond acceptors (Lipinski definition) is 5. The molecule has 9 nitrogen and oxygen atoms in total. The molecule has 3 amide bonds. The summed E-state index contributed by atoms with van der Waals surface area (Å²) in [6, 6.07) is -2.24. The van der Waals surface area contributed by atoms with Crippen LogP contribution in [-0.4, -0.2) is 58.6 Å². The van der Waals surface area contributed by atoms with Crippen molar-refractivity contribution in [3.63, 3.8) is 0 Å². The zero-order valence-corrected chi connectivity index (χ0v) is 13.8. The molecule has 0 aromatic heterocycles. The standard InChI is InChI=1S/C14H25N3O6/c1-5-7(2)11(16-9(4)19)13(21)15-6-10(20)17-12(8(3)18)14(22)23/h7-8,11-12,18H,5-6H2,1-4H3,(H,15,21)(H,16,19)(H,17,20)(H,22,23)/t7-,8+,11-,12-/m0/s1. The van der Waals surface area contributed by atoms with E-state index in [1.165, 1.54) is 13.8 Å². The van der Waals surface area contributed by atoms with Gasteiger partial charge in [-0.1, -0.05) is 20.3 Å². The molecule has 9 heteroatoms. The monoisotopic (exact) mass is 331 g/mol. The van der Waals surface area contributed by atoms with Crippen LogP contribution in [0.5, 0.6) is 0 Å². The van der Waals surface area contributed by atoms with Crippen molar-refractivity contribution in [3.05, 3.63) is 0 Å². The largest absolute Gasteiger partial charge is 0.480 e. The summed E-state index contributed by atoms with van der Waals surface area (Å²) in [5, 5.41) is 25.1. The van der Waals surface area contributed by atoms with E-state index in [4.69, 9.17) is 5.11 Å². The predicted molar refractivity (Wildman–Crippen MR) is 81.3 cm³/mol. The Balaban J connectivity index is 4.62. The molecule has 132 valence electrons. The quantitative estimate of drug-likeness (QED) is 0.351. The highest BCUT2D eigenvalue weighted by Crippen LogP contribution is 2.07. The summed E-state index contributed by atoms with van der Waals surface area (Å²) in [6.45, 7) is 5.71. The molecule has 0 aliphatic heterocycles. The van der Waals surface area contributed by atoms with Crippen LogP contribution in [0.15, 0.2) is 0 Å². The molecular weight excluding hydrogens is 306 g/mol. The van der Waals surface area contributed by atoms with Crippen LogP contribution >= 0.6 is 0 Å². The van der Waals surface area contributed by atoms with Crippen molar-refractivity contribution in [3.8, 4) is 0 Å². The smallest absolute Gasteiger partial charge is 0.328 e. The Morgan fingerprint density at radius 3 is 2.00 bits per heavy atom. The number of aliphatic hydroxyl groups is 1. The lowest BCUT2D eigenvalue weighted by Crippen LogP contribution is -2.54. The number of carboxylic acids is 1. The van der Waals surface area contributed by atoms with Gasteiger partial charge in [-0.15, -0.1) is 0 Å². The first-order valence-corrected chi connectivity index (χ1v) is 7.35. The molecule has 0 aromatic carbocycles. The molecule has 0 heterocycles. The average Bonchev–Trinajstić information content (AvgIpc) is 2.46. The number of hydrogen-bond donors (Lipinski definition) is 5. The number of aliphatic carboxylic acids is 1. The van der Waals surface area contributed by atoms with Crippen LogP contribution in [0.4, 0.5) is 0 Å². The number of carbonyl (C=O) groups is 4. The number of amides is 3. The van der Waals surface area contributed by atoms with E-state index in [0.29, 0.717) is 6.42 Å². The molecule has 23 heavy (non-hydrogen) atoms. The van der Waals surface area contributed by atoms with Crippen LogP contribution < -0.4 is 16.0 Å². The third-order valence-electron chi connectivity index (χ3n) is 3.34. The molecule has 0 spiro atoms. The van der Waals surface area contributed by atoms with Gasteiger partial charge < -0.3 is 26.2 Å². The van der Waals surface area contributed by atoms with Gasteiger partial charge >= 0.3 is 5.97 Å². The summed E-state index contributed by atoms with van der Waals surface area (Å²) < 4.78 is 0. The molecule has 0 bridgehead atoms. The Morgan fingerprint density at radius 2 is 1.61 bits per heavy atom. The second-order valence-electron chi connectivity index (χ2n) is 5.41. The fourth-order valence-corrected chi connectivity index (χ4v) is 1.81. The van der Waals surface area contributed by atoms with Gasteiger partial charge in [-0.3, -0.25) is 14.4 Å². The van der Waals surface area contributed by atoms with Gasteiger partial charge in [0.25, 0.3) is 0 Å². The van der Waals surface area contributed by atoms with Gasteiger partial charge in [-0.25, -0.2) is 4.79 Å². The van der Waals surface area contributed by atoms with E-state index in [-0.39, 0.29) is 11.8 Å². The summed E-state index contributed by atoms with van der Waals surface area (Å²) in [5.74, 6) is -3.16. The SMILES string of the molecule is CC[C@H](C)[C@H](NC(C)=O)C(=O)NCC(=O)N[C@H](C(=O)O)[C@@H](C)O. The first-order chi connectivity index (χ1) is 10.6. The Kier molecular flexibility index (Phi) is 8.86. The molecule has 0 fully saturated rings. The van der Waals surface area contributed by atoms with E-state index in [1.54, 1.807) is 6.92 Å². The molecule has 0 aliphatic carbocycles. The number of rotatable bonds is 9. The fraction of sp³-hybridized carbons (Fsp3) is 0.714. The van der Waals surface area contributed by atoms with Crippen molar-refractivity contribution in [1.29, 1.82) is 0 Å². The van der Waals surface area contributed by atoms with Crippen molar-refractivity contribution in [2.75, 3.05) is 6.54 Å². The topological polar surface area (TPSA) is 145 Å². The summed E-state index contributed by atoms with van der Waals surface area (Å²) in [4.78, 5) is 45.7. The highest BCUT2D eigenvalue weighted by Gasteiger charge is 2.27. The molecule has 5 N–H and O–H groups in total. The maximum absolute atomic E-state index is 12.1. The molecule has 0 aliphatic rings. The van der Waals surface area contributed by atoms with Gasteiger partial charge in [0.05, 0.1) is 12.6 Å². The van der Waals surface area contributed by atoms with Gasteiger partial charge in [-0.05, 0) is 12.8 Å². The van der Waals surface area contributed by atoms with Crippen molar-refractivity contribution in [1.82, 2.24) is 16.0 Å². The fourth-order valence-electron chi connectivity index (χ4n) is 1.81. The number of nitrogens with one attached hydrogen (secondary N) is 3. The van der Waals surface area contributed by atoms with E-state index in [0.717, 1.165) is 0 Å². The number of aliphatic hydroxyl groups excluding tert-OH is 1. The van der Waals surface area contributed by atoms with Crippen molar-refractivity contribution >= 4 is 23.7 Å². The van der Waals surface area contributed by atoms with Gasteiger partial charge in [0.2, 0.25) is 17.7 Å². The van der Waals surface area contributed by atoms with E-state index in [2.05, 4.69) is 16.0 Å². The Hall–Kier alpha value is -2.16. The minimum Gasteiger partial charge on any atom is -0.480 e. The van der Waals surface area contributed by atoms with Gasteiger partial charge in [0.15, 0.2) is 6.04 Å². The molecule has 0 radical (unpaired) electrons. The first kappa shape index (κ1) is 20.8. The zero-order valence-electron chi connectivity index (χ0n) is 13.8. The highest BCUT2D eigenvalue weighted by atomic mass is 16.4. The summed E-state index contributed by atoms with van der Waals surface area (Å²) in [6.07, 6.45) is -0.632. The minimum atomic E-state index is -1.46. The lowest BCUT2D eigenvalue weighted by Gasteiger charge is -2.23. The van der Waals surface area contributed by atoms with Crippen molar-refractivity contribution in [2.24, 2.45) is 5.92 Å². The normalized spacial score (nSPS) is 15.7. The molecule has 0 rings (SSSR count). The zero-order chi connectivity index (χ0) is 18.2. The predicted octanol–water partition coefficient (Wildman–Crippen LogP) is -1.40. The second-order valence-corrected chi connectivity index (χ2v) is 5.41. The summed E-state index contributed by atoms with van der Waals surface area (Å²) in [7, 11) is 0. The van der Waals surface area contributed by atoms with E-state index < -0.39 is 42.5 Å². The van der Waals surface area contributed by atoms with Gasteiger partial charge in [-0.2, -0.15) is 0 Å². The van der Waals surface area contributed by atoms with Crippen LogP contribution in [0.3, 0.4) is 0 Å². The maximum atomic E-state index is 12.1. The van der Waals surface area contributed by atoms with E-state index >= 15 is 0 Å². The van der Waals surface area contributed by atoms with Crippen molar-refractivity contribution < 1.29 is 29.4 Å². The summed E-state index contributed by atoms with van der Waals surface area (Å²) in [5.41, 5.74) is 0. The lowest BCUT2D eigenvalue weighted by atomic mass is 9.98. The third-order valence-corrected chi connectivity index (χ3v) is 3.34. The average molecular weight is 331 g/mol. The minimum absolute atomic E-state index is 0.133. The number of carbonyl (C=O) groups excluding carboxylic acids is 3. The van der Waals surface area contributed by atoms with Crippen molar-refractivity contribution in [2.45, 2.75) is 52.3 Å². The Bertz CT molecular complexity index is 452. The van der Waals surface area contributed by atoms with Gasteiger partial charge in [0, 0.05) is 6.92 Å². The molecular formula is C14H25N3O6. The van der Waals surface area contributed by atoms with E-state index in [1.807, 2.05) is 6.92 Å². The highest BCUT2D eigenvalue weighted by molar-refractivity contribution is 5.91. The molecule has 4 atom stereocenters. The Labute approximate surface area is 134 Å². The Morgan fingerprint density at radius 1 is 1.04 bits per heavy atom. The number of carboxylic acid groups (broad SMARTS) is 1. The third kappa shape index (κ3) is 7.59. The van der Waals surface area contributed by atoms with Crippen LogP contribution in [-0.2, 0) is 19.2 Å². The van der Waals surface area contributed by atoms with Crippen LogP contribution in [0.2, 0.25) is 0 Å². The molecule has 0 unspecified atom stereocenters. The maximum Gasteiger partial charge on any atom is 0.328 e. The van der Waals surface area contributed by atoms with Crippen LogP contribution in [0.1, 0.15) is 34.1 Å². The molecule has 0 aromatic rings. The first-order valence-electron chi connectivity index (χ1n) is 7.35. The lowest BCUT2D eigenvalue weighted by molar-refractivity contribution is -0.144. The van der Waals surface area contributed by atoms with Crippen LogP contribution in [0.25, 0.3) is 0 Å². The van der Waals surface area contributed by atoms with E-state index in [9.17, 15) is 24.3 Å². The second kappa shape index (κ2) is 9.78. The molecule has 0 saturated carbocycles. The molecule has 0 saturated heterocycles. The summed E-state index contributed by atoms with van der Waals surface area (Å²) >= 11 is 0.